The third-order valence-electron chi connectivity index (χ3n) is 2.09. The second-order valence-corrected chi connectivity index (χ2v) is 3.75. The van der Waals surface area contributed by atoms with Crippen molar-refractivity contribution in [1.82, 2.24) is 14.3 Å². The Balaban J connectivity index is 2.49. The number of rotatable bonds is 0. The molecule has 0 amide bonds. The largest absolute Gasteiger partial charge is 0.354 e. The molecule has 6 nitrogen and oxygen atoms in total. The van der Waals surface area contributed by atoms with Gasteiger partial charge in [-0.1, -0.05) is 11.8 Å². The Morgan fingerprint density at radius 2 is 2.50 bits per heavy atom. The van der Waals surface area contributed by atoms with Crippen LogP contribution in [0.4, 0.5) is 5.95 Å². The van der Waals surface area contributed by atoms with Gasteiger partial charge in [-0.05, 0) is 12.7 Å². The molecule has 1 aromatic heterocycles. The van der Waals surface area contributed by atoms with E-state index in [4.69, 9.17) is 5.41 Å². The molecule has 0 saturated heterocycles. The van der Waals surface area contributed by atoms with Gasteiger partial charge in [0, 0.05) is 13.1 Å². The number of anilines is 1. The molecule has 76 valence electrons. The predicted octanol–water partition coefficient (Wildman–Crippen LogP) is 0.00627. The average molecular weight is 213 g/mol. The normalized spacial score (nSPS) is 14.6. The third-order valence-corrected chi connectivity index (χ3v) is 2.65. The molecule has 7 heteroatoms. The highest BCUT2D eigenvalue weighted by molar-refractivity contribution is 8.13. The van der Waals surface area contributed by atoms with Crippen molar-refractivity contribution in [2.24, 2.45) is 0 Å². The van der Waals surface area contributed by atoms with Crippen LogP contribution in [0, 0.1) is 5.41 Å². The summed E-state index contributed by atoms with van der Waals surface area (Å²) in [4.78, 5) is 11.7. The van der Waals surface area contributed by atoms with Crippen LogP contribution in [0.5, 0.6) is 0 Å². The molecule has 2 N–H and O–H groups in total. The molecule has 0 aromatic carbocycles. The van der Waals surface area contributed by atoms with Gasteiger partial charge in [0.2, 0.25) is 5.95 Å². The summed E-state index contributed by atoms with van der Waals surface area (Å²) < 4.78 is 2.69. The van der Waals surface area contributed by atoms with Gasteiger partial charge in [-0.3, -0.25) is 9.98 Å². The number of hydrogen-bond donors (Lipinski definition) is 2. The first-order chi connectivity index (χ1) is 6.74. The molecule has 0 aliphatic carbocycles. The molecule has 0 fully saturated rings. The van der Waals surface area contributed by atoms with Crippen LogP contribution >= 0.6 is 11.8 Å². The summed E-state index contributed by atoms with van der Waals surface area (Å²) in [5.74, 6) is 0.569. The Hall–Kier alpha value is -1.24. The lowest BCUT2D eigenvalue weighted by Crippen LogP contribution is -2.30. The summed E-state index contributed by atoms with van der Waals surface area (Å²) in [6, 6.07) is 0. The third kappa shape index (κ3) is 1.33. The van der Waals surface area contributed by atoms with Gasteiger partial charge in [-0.15, -0.1) is 5.10 Å². The summed E-state index contributed by atoms with van der Waals surface area (Å²) >= 11 is 1.20. The lowest BCUT2D eigenvalue weighted by atomic mass is 10.4. The van der Waals surface area contributed by atoms with Crippen LogP contribution in [0.15, 0.2) is 4.79 Å². The lowest BCUT2D eigenvalue weighted by Gasteiger charge is -2.12. The molecule has 14 heavy (non-hydrogen) atoms. The Labute approximate surface area is 84.8 Å². The molecule has 2 heterocycles. The summed E-state index contributed by atoms with van der Waals surface area (Å²) in [7, 11) is 0. The second-order valence-electron chi connectivity index (χ2n) is 2.96. The van der Waals surface area contributed by atoms with Gasteiger partial charge >= 0.3 is 5.69 Å². The topological polar surface area (TPSA) is 75.7 Å². The highest BCUT2D eigenvalue weighted by atomic mass is 32.2. The standard InChI is InChI=1S/C7H11N5OS/c1-14-5(8)12-7(13)11-4-2-3-9-6(11)10-12/h8H,2-4H2,1H3,(H,9,10). The van der Waals surface area contributed by atoms with Crippen molar-refractivity contribution in [1.29, 1.82) is 5.41 Å². The fourth-order valence-corrected chi connectivity index (χ4v) is 1.68. The van der Waals surface area contributed by atoms with Crippen LogP contribution in [0.2, 0.25) is 0 Å². The van der Waals surface area contributed by atoms with Gasteiger partial charge in [0.1, 0.15) is 0 Å². The zero-order valence-corrected chi connectivity index (χ0v) is 8.60. The quantitative estimate of drug-likeness (QED) is 0.470. The van der Waals surface area contributed by atoms with E-state index in [2.05, 4.69) is 10.4 Å². The van der Waals surface area contributed by atoms with Crippen LogP contribution in [0.3, 0.4) is 0 Å². The van der Waals surface area contributed by atoms with Crippen molar-refractivity contribution in [3.05, 3.63) is 10.5 Å². The minimum absolute atomic E-state index is 0.152. The summed E-state index contributed by atoms with van der Waals surface area (Å²) in [6.07, 6.45) is 2.67. The number of fused-ring (bicyclic) bond motifs is 1. The average Bonchev–Trinajstić information content (AvgIpc) is 2.56. The van der Waals surface area contributed by atoms with E-state index >= 15 is 0 Å². The Kier molecular flexibility index (Phi) is 2.32. The zero-order chi connectivity index (χ0) is 10.1. The maximum Gasteiger partial charge on any atom is 0.354 e. The fourth-order valence-electron chi connectivity index (χ4n) is 1.38. The van der Waals surface area contributed by atoms with Crippen molar-refractivity contribution < 1.29 is 0 Å². The minimum atomic E-state index is -0.230. The van der Waals surface area contributed by atoms with Crippen LogP contribution in [0.1, 0.15) is 6.42 Å². The van der Waals surface area contributed by atoms with E-state index in [-0.39, 0.29) is 10.9 Å². The molecule has 0 atom stereocenters. The van der Waals surface area contributed by atoms with E-state index < -0.39 is 0 Å². The van der Waals surface area contributed by atoms with Crippen LogP contribution < -0.4 is 11.0 Å². The predicted molar refractivity (Wildman–Crippen MR) is 56.2 cm³/mol. The maximum absolute atomic E-state index is 11.7. The number of hydrogen-bond acceptors (Lipinski definition) is 5. The molecular weight excluding hydrogens is 202 g/mol. The highest BCUT2D eigenvalue weighted by Gasteiger charge is 2.17. The van der Waals surface area contributed by atoms with Gasteiger partial charge in [0.05, 0.1) is 0 Å². The Morgan fingerprint density at radius 3 is 3.14 bits per heavy atom. The second kappa shape index (κ2) is 3.49. The van der Waals surface area contributed by atoms with E-state index in [9.17, 15) is 4.79 Å². The molecular formula is C7H11N5OS. The first-order valence-corrected chi connectivity index (χ1v) is 5.53. The molecule has 0 saturated carbocycles. The van der Waals surface area contributed by atoms with Crippen LogP contribution in [-0.4, -0.2) is 32.3 Å². The molecule has 0 unspecified atom stereocenters. The molecule has 0 spiro atoms. The number of thioether (sulfide) groups is 1. The van der Waals surface area contributed by atoms with Crippen molar-refractivity contribution in [3.63, 3.8) is 0 Å². The smallest absolute Gasteiger partial charge is 0.354 e. The van der Waals surface area contributed by atoms with Crippen molar-refractivity contribution in [3.8, 4) is 0 Å². The lowest BCUT2D eigenvalue weighted by molar-refractivity contribution is 0.608. The first kappa shape index (κ1) is 9.32. The van der Waals surface area contributed by atoms with E-state index in [1.807, 2.05) is 0 Å². The molecule has 1 aromatic rings. The van der Waals surface area contributed by atoms with Crippen LogP contribution in [-0.2, 0) is 6.54 Å². The fraction of sp³-hybridized carbons (Fsp3) is 0.571. The molecule has 1 aliphatic rings. The maximum atomic E-state index is 11.7. The number of aromatic nitrogens is 3. The van der Waals surface area contributed by atoms with Crippen molar-refractivity contribution in [2.75, 3.05) is 18.1 Å². The number of nitrogens with one attached hydrogen (secondary N) is 2. The number of nitrogens with zero attached hydrogens (tertiary/aromatic N) is 3. The van der Waals surface area contributed by atoms with Gasteiger partial charge in [-0.2, -0.15) is 4.68 Å². The van der Waals surface area contributed by atoms with E-state index in [1.54, 1.807) is 10.8 Å². The summed E-state index contributed by atoms with van der Waals surface area (Å²) in [5.41, 5.74) is -0.230. The molecule has 1 aliphatic heterocycles. The SMILES string of the molecule is CSC(=N)n1nc2n(c1=O)CCCN2. The van der Waals surface area contributed by atoms with Crippen molar-refractivity contribution in [2.45, 2.75) is 13.0 Å². The zero-order valence-electron chi connectivity index (χ0n) is 7.78. The minimum Gasteiger partial charge on any atom is -0.354 e. The summed E-state index contributed by atoms with van der Waals surface area (Å²) in [5, 5.41) is 14.7. The molecule has 0 bridgehead atoms. The highest BCUT2D eigenvalue weighted by Crippen LogP contribution is 2.08. The van der Waals surface area contributed by atoms with E-state index in [0.29, 0.717) is 12.5 Å². The van der Waals surface area contributed by atoms with Gasteiger partial charge in [0.15, 0.2) is 5.17 Å². The Bertz CT molecular complexity index is 420. The molecule has 2 rings (SSSR count). The van der Waals surface area contributed by atoms with Crippen molar-refractivity contribution >= 4 is 22.9 Å². The van der Waals surface area contributed by atoms with Gasteiger partial charge < -0.3 is 5.32 Å². The first-order valence-electron chi connectivity index (χ1n) is 4.30. The van der Waals surface area contributed by atoms with E-state index in [0.717, 1.165) is 17.6 Å². The monoisotopic (exact) mass is 213 g/mol. The van der Waals surface area contributed by atoms with Gasteiger partial charge in [-0.25, -0.2) is 4.79 Å². The van der Waals surface area contributed by atoms with Crippen LogP contribution in [0.25, 0.3) is 0 Å². The molecule has 0 radical (unpaired) electrons. The summed E-state index contributed by atoms with van der Waals surface area (Å²) in [6.45, 7) is 1.52. The van der Waals surface area contributed by atoms with E-state index in [1.165, 1.54) is 11.8 Å². The van der Waals surface area contributed by atoms with Gasteiger partial charge in [0.25, 0.3) is 0 Å². The Morgan fingerprint density at radius 1 is 1.71 bits per heavy atom.